The van der Waals surface area contributed by atoms with Crippen LogP contribution in [-0.4, -0.2) is 64.9 Å². The highest BCUT2D eigenvalue weighted by molar-refractivity contribution is 7.47. The average Bonchev–Trinajstić information content (AvgIpc) is 3.26. The van der Waals surface area contributed by atoms with Crippen LogP contribution in [-0.2, 0) is 32.7 Å². The average molecular weight is 902 g/mol. The minimum Gasteiger partial charge on any atom is -0.480 e. The second-order valence-corrected chi connectivity index (χ2v) is 17.0. The van der Waals surface area contributed by atoms with Gasteiger partial charge < -0.3 is 25.2 Å². The van der Waals surface area contributed by atoms with Gasteiger partial charge in [0.15, 0.2) is 6.04 Å². The molecule has 0 fully saturated rings. The molecule has 1 amide bonds. The van der Waals surface area contributed by atoms with Crippen LogP contribution < -0.4 is 5.32 Å². The maximum atomic E-state index is 12.3. The second kappa shape index (κ2) is 45.0. The predicted molar refractivity (Wildman–Crippen MR) is 258 cm³/mol. The molecular formula is C51H84NO10P. The topological polar surface area (TPSA) is 169 Å². The van der Waals surface area contributed by atoms with Gasteiger partial charge in [0.2, 0.25) is 5.91 Å². The van der Waals surface area contributed by atoms with Crippen molar-refractivity contribution in [2.75, 3.05) is 19.8 Å². The number of phosphoric ester groups is 1. The summed E-state index contributed by atoms with van der Waals surface area (Å²) in [6.45, 7) is 2.42. The summed E-state index contributed by atoms with van der Waals surface area (Å²) in [7, 11) is -4.78. The number of phosphoric acid groups is 1. The summed E-state index contributed by atoms with van der Waals surface area (Å²) in [5, 5.41) is 21.9. The quantitative estimate of drug-likeness (QED) is 0.0200. The first kappa shape index (κ1) is 59.4. The van der Waals surface area contributed by atoms with E-state index in [0.29, 0.717) is 12.8 Å². The molecule has 3 atom stereocenters. The molecular weight excluding hydrogens is 818 g/mol. The molecule has 4 N–H and O–H groups in total. The number of ether oxygens (including phenoxy) is 1. The number of rotatable bonds is 43. The van der Waals surface area contributed by atoms with Crippen LogP contribution in [0.4, 0.5) is 0 Å². The number of aliphatic carboxylic acids is 1. The molecule has 358 valence electrons. The first-order chi connectivity index (χ1) is 30.6. The molecule has 0 rings (SSSR count). The van der Waals surface area contributed by atoms with Gasteiger partial charge in [0.05, 0.1) is 13.2 Å². The Bertz CT molecular complexity index is 1430. The van der Waals surface area contributed by atoms with Crippen molar-refractivity contribution in [3.63, 3.8) is 0 Å². The summed E-state index contributed by atoms with van der Waals surface area (Å²) in [6.07, 6.45) is 57.1. The van der Waals surface area contributed by atoms with Gasteiger partial charge in [0, 0.05) is 12.8 Å². The lowest BCUT2D eigenvalue weighted by molar-refractivity contribution is -0.147. The molecule has 0 aromatic rings. The monoisotopic (exact) mass is 902 g/mol. The Morgan fingerprint density at radius 2 is 0.921 bits per heavy atom. The van der Waals surface area contributed by atoms with Crippen molar-refractivity contribution in [1.29, 1.82) is 0 Å². The maximum Gasteiger partial charge on any atom is 0.472 e. The molecule has 0 aliphatic heterocycles. The van der Waals surface area contributed by atoms with Crippen LogP contribution in [0, 0.1) is 0 Å². The number of nitrogens with one attached hydrogen (secondary N) is 1. The van der Waals surface area contributed by atoms with E-state index in [9.17, 15) is 34.1 Å². The summed E-state index contributed by atoms with van der Waals surface area (Å²) in [5.41, 5.74) is 0. The van der Waals surface area contributed by atoms with Crippen LogP contribution in [0.2, 0.25) is 0 Å². The third-order valence-electron chi connectivity index (χ3n) is 9.61. The fourth-order valence-corrected chi connectivity index (χ4v) is 6.71. The summed E-state index contributed by atoms with van der Waals surface area (Å²) in [6, 6.07) is -1.57. The zero-order valence-electron chi connectivity index (χ0n) is 38.8. The van der Waals surface area contributed by atoms with E-state index in [-0.39, 0.29) is 12.8 Å². The normalized spacial score (nSPS) is 14.5. The number of esters is 1. The SMILES string of the molecule is CC/C=C\C/C=C\C/C=C\C/C=C\C/C=C\C/C=C\CCCCCCC(=O)NC(COP(=O)(O)OCC(O)COC(=O)CCCCCCC/C=C\C/C=C\CCCCCC)C(=O)O. The number of hydrogen-bond donors (Lipinski definition) is 4. The molecule has 0 aliphatic rings. The molecule has 0 aromatic heterocycles. The molecule has 0 radical (unpaired) electrons. The number of carbonyl (C=O) groups is 3. The van der Waals surface area contributed by atoms with E-state index in [2.05, 4.69) is 116 Å². The highest BCUT2D eigenvalue weighted by atomic mass is 31.2. The van der Waals surface area contributed by atoms with Gasteiger partial charge in [-0.15, -0.1) is 0 Å². The van der Waals surface area contributed by atoms with Crippen molar-refractivity contribution >= 4 is 25.7 Å². The zero-order valence-corrected chi connectivity index (χ0v) is 39.7. The minimum absolute atomic E-state index is 0.109. The molecule has 0 bridgehead atoms. The van der Waals surface area contributed by atoms with E-state index in [1.165, 1.54) is 25.7 Å². The summed E-state index contributed by atoms with van der Waals surface area (Å²) in [4.78, 5) is 46.0. The lowest BCUT2D eigenvalue weighted by Gasteiger charge is -2.18. The van der Waals surface area contributed by atoms with Gasteiger partial charge in [-0.3, -0.25) is 18.6 Å². The molecule has 0 spiro atoms. The summed E-state index contributed by atoms with van der Waals surface area (Å²) < 4.78 is 26.9. The number of carbonyl (C=O) groups excluding carboxylic acids is 2. The number of allylic oxidation sites excluding steroid dienone is 16. The number of aliphatic hydroxyl groups excluding tert-OH is 1. The van der Waals surface area contributed by atoms with Crippen LogP contribution in [0.3, 0.4) is 0 Å². The lowest BCUT2D eigenvalue weighted by atomic mass is 10.1. The number of carboxylic acids is 1. The molecule has 0 aromatic carbocycles. The first-order valence-electron chi connectivity index (χ1n) is 23.8. The standard InChI is InChI=1S/C51H84NO10P/c1-3-5-7-9-11-13-15-17-19-21-22-23-24-25-26-27-28-30-32-34-36-38-40-42-49(54)52-48(51(56)57)46-62-63(58,59)61-45-47(53)44-60-50(55)43-41-39-37-35-33-31-29-20-18-16-14-12-10-8-6-4-2/h5,7,11,13-14,16-17,19-20,22-23,25-26,28-30,47-48,53H,3-4,6,8-10,12,15,18,21,24,27,31-46H2,1-2H3,(H,52,54)(H,56,57)(H,58,59)/b7-5-,13-11-,16-14-,19-17-,23-22-,26-25-,29-20-,30-28-. The summed E-state index contributed by atoms with van der Waals surface area (Å²) >= 11 is 0. The third kappa shape index (κ3) is 44.8. The smallest absolute Gasteiger partial charge is 0.472 e. The number of aliphatic hydroxyl groups is 1. The van der Waals surface area contributed by atoms with Gasteiger partial charge in [-0.25, -0.2) is 9.36 Å². The van der Waals surface area contributed by atoms with Crippen molar-refractivity contribution in [2.24, 2.45) is 0 Å². The van der Waals surface area contributed by atoms with Crippen LogP contribution in [0.1, 0.15) is 174 Å². The Hall–Kier alpha value is -3.60. The van der Waals surface area contributed by atoms with Crippen LogP contribution in [0.15, 0.2) is 97.2 Å². The molecule has 0 aliphatic carbocycles. The Kier molecular flexibility index (Phi) is 42.4. The van der Waals surface area contributed by atoms with E-state index >= 15 is 0 Å². The van der Waals surface area contributed by atoms with Crippen LogP contribution in [0.5, 0.6) is 0 Å². The van der Waals surface area contributed by atoms with E-state index in [1.807, 2.05) is 0 Å². The van der Waals surface area contributed by atoms with E-state index in [1.54, 1.807) is 0 Å². The molecule has 0 saturated heterocycles. The molecule has 3 unspecified atom stereocenters. The highest BCUT2D eigenvalue weighted by Gasteiger charge is 2.28. The Balaban J connectivity index is 3.97. The second-order valence-electron chi connectivity index (χ2n) is 15.6. The van der Waals surface area contributed by atoms with E-state index in [4.69, 9.17) is 13.8 Å². The van der Waals surface area contributed by atoms with Crippen molar-refractivity contribution in [3.8, 4) is 0 Å². The van der Waals surface area contributed by atoms with Gasteiger partial charge in [0.1, 0.15) is 12.7 Å². The molecule has 11 nitrogen and oxygen atoms in total. The number of amides is 1. The number of hydrogen-bond acceptors (Lipinski definition) is 8. The van der Waals surface area contributed by atoms with Gasteiger partial charge in [-0.1, -0.05) is 162 Å². The highest BCUT2D eigenvalue weighted by Crippen LogP contribution is 2.43. The van der Waals surface area contributed by atoms with Crippen molar-refractivity contribution < 1.29 is 47.8 Å². The fraction of sp³-hybridized carbons (Fsp3) is 0.627. The van der Waals surface area contributed by atoms with Crippen LogP contribution >= 0.6 is 7.82 Å². The largest absolute Gasteiger partial charge is 0.480 e. The number of unbranched alkanes of at least 4 members (excludes halogenated alkanes) is 13. The van der Waals surface area contributed by atoms with Crippen molar-refractivity contribution in [1.82, 2.24) is 5.32 Å². The molecule has 0 saturated carbocycles. The Labute approximate surface area is 381 Å². The van der Waals surface area contributed by atoms with Gasteiger partial charge in [0.25, 0.3) is 0 Å². The predicted octanol–water partition coefficient (Wildman–Crippen LogP) is 12.8. The van der Waals surface area contributed by atoms with Gasteiger partial charge >= 0.3 is 19.8 Å². The fourth-order valence-electron chi connectivity index (χ4n) is 5.94. The number of carboxylic acid groups (broad SMARTS) is 1. The molecule has 0 heterocycles. The lowest BCUT2D eigenvalue weighted by Crippen LogP contribution is -2.43. The first-order valence-corrected chi connectivity index (χ1v) is 25.3. The molecule has 63 heavy (non-hydrogen) atoms. The third-order valence-corrected chi connectivity index (χ3v) is 10.6. The summed E-state index contributed by atoms with van der Waals surface area (Å²) in [5.74, 6) is -2.44. The van der Waals surface area contributed by atoms with Gasteiger partial charge in [-0.2, -0.15) is 0 Å². The minimum atomic E-state index is -4.78. The van der Waals surface area contributed by atoms with Crippen molar-refractivity contribution in [3.05, 3.63) is 97.2 Å². The Morgan fingerprint density at radius 3 is 1.38 bits per heavy atom. The maximum absolute atomic E-state index is 12.3. The van der Waals surface area contributed by atoms with Crippen LogP contribution in [0.25, 0.3) is 0 Å². The zero-order chi connectivity index (χ0) is 46.3. The Morgan fingerprint density at radius 1 is 0.524 bits per heavy atom. The van der Waals surface area contributed by atoms with Crippen molar-refractivity contribution in [2.45, 2.75) is 187 Å². The molecule has 12 heteroatoms. The van der Waals surface area contributed by atoms with Gasteiger partial charge in [-0.05, 0) is 96.3 Å². The van der Waals surface area contributed by atoms with E-state index in [0.717, 1.165) is 109 Å². The van der Waals surface area contributed by atoms with E-state index < -0.39 is 57.6 Å².